The third-order valence-corrected chi connectivity index (χ3v) is 11.2. The Kier molecular flexibility index (Phi) is 7.19. The molecule has 0 bridgehead atoms. The molecule has 0 saturated carbocycles. The average Bonchev–Trinajstić information content (AvgIpc) is 3.67. The molecule has 0 saturated heterocycles. The Balaban J connectivity index is 1.16. The van der Waals surface area contributed by atoms with Crippen LogP contribution in [0.2, 0.25) is 0 Å². The molecule has 1 aliphatic carbocycles. The molecule has 0 amide bonds. The number of anilines is 3. The summed E-state index contributed by atoms with van der Waals surface area (Å²) >= 11 is 0. The lowest BCUT2D eigenvalue weighted by molar-refractivity contribution is 0.660. The van der Waals surface area contributed by atoms with Crippen molar-refractivity contribution in [3.63, 3.8) is 0 Å². The SMILES string of the molecule is CC1(C)c2ccccc2-c2ccc(N(c3ccc(-c4ccccc4)cc3)c3ccccc3-c3ccc4c(c3)c3ccccc3n4-c3ccccc3)cc21. The maximum absolute atomic E-state index is 2.45. The summed E-state index contributed by atoms with van der Waals surface area (Å²) in [5.41, 5.74) is 17.0. The molecular formula is C51H38N2. The van der Waals surface area contributed by atoms with E-state index in [0.29, 0.717) is 0 Å². The maximum Gasteiger partial charge on any atom is 0.0541 e. The molecule has 2 nitrogen and oxygen atoms in total. The molecule has 0 aliphatic heterocycles. The lowest BCUT2D eigenvalue weighted by atomic mass is 9.82. The minimum Gasteiger partial charge on any atom is -0.310 e. The lowest BCUT2D eigenvalue weighted by Gasteiger charge is -2.30. The molecule has 10 rings (SSSR count). The first-order chi connectivity index (χ1) is 26.1. The van der Waals surface area contributed by atoms with E-state index >= 15 is 0 Å². The quantitative estimate of drug-likeness (QED) is 0.170. The highest BCUT2D eigenvalue weighted by atomic mass is 15.1. The highest BCUT2D eigenvalue weighted by Gasteiger charge is 2.36. The first kappa shape index (κ1) is 31.1. The van der Waals surface area contributed by atoms with Crippen molar-refractivity contribution in [2.24, 2.45) is 0 Å². The van der Waals surface area contributed by atoms with Crippen LogP contribution in [0.3, 0.4) is 0 Å². The van der Waals surface area contributed by atoms with E-state index in [1.165, 1.54) is 72.0 Å². The van der Waals surface area contributed by atoms with Crippen LogP contribution in [0.15, 0.2) is 194 Å². The van der Waals surface area contributed by atoms with Crippen molar-refractivity contribution in [1.29, 1.82) is 0 Å². The normalized spacial score (nSPS) is 12.9. The van der Waals surface area contributed by atoms with E-state index in [-0.39, 0.29) is 5.41 Å². The Hall–Kier alpha value is -6.64. The minimum atomic E-state index is -0.109. The summed E-state index contributed by atoms with van der Waals surface area (Å²) in [6.45, 7) is 4.71. The first-order valence-electron chi connectivity index (χ1n) is 18.4. The van der Waals surface area contributed by atoms with Crippen LogP contribution in [0.1, 0.15) is 25.0 Å². The first-order valence-corrected chi connectivity index (χ1v) is 18.4. The number of benzene rings is 8. The molecule has 0 atom stereocenters. The molecule has 1 aromatic heterocycles. The number of nitrogens with zero attached hydrogens (tertiary/aromatic N) is 2. The van der Waals surface area contributed by atoms with Gasteiger partial charge in [0.25, 0.3) is 0 Å². The smallest absolute Gasteiger partial charge is 0.0541 e. The average molecular weight is 679 g/mol. The van der Waals surface area contributed by atoms with E-state index in [1.807, 2.05) is 0 Å². The zero-order valence-corrected chi connectivity index (χ0v) is 29.9. The Morgan fingerprint density at radius 3 is 1.79 bits per heavy atom. The second-order valence-electron chi connectivity index (χ2n) is 14.6. The van der Waals surface area contributed by atoms with E-state index in [0.717, 1.165) is 17.1 Å². The third-order valence-electron chi connectivity index (χ3n) is 11.2. The second-order valence-corrected chi connectivity index (χ2v) is 14.6. The van der Waals surface area contributed by atoms with Gasteiger partial charge in [-0.05, 0) is 99.6 Å². The van der Waals surface area contributed by atoms with Gasteiger partial charge in [0.05, 0.1) is 16.7 Å². The molecule has 0 spiro atoms. The van der Waals surface area contributed by atoms with Crippen molar-refractivity contribution >= 4 is 38.9 Å². The van der Waals surface area contributed by atoms with E-state index in [2.05, 4.69) is 217 Å². The summed E-state index contributed by atoms with van der Waals surface area (Å²) in [6.07, 6.45) is 0. The van der Waals surface area contributed by atoms with Crippen molar-refractivity contribution in [1.82, 2.24) is 4.57 Å². The molecule has 8 aromatic carbocycles. The van der Waals surface area contributed by atoms with Crippen molar-refractivity contribution in [3.05, 3.63) is 205 Å². The molecule has 0 radical (unpaired) electrons. The van der Waals surface area contributed by atoms with Gasteiger partial charge < -0.3 is 9.47 Å². The molecule has 9 aromatic rings. The van der Waals surface area contributed by atoms with E-state index < -0.39 is 0 Å². The topological polar surface area (TPSA) is 8.17 Å². The number of hydrogen-bond acceptors (Lipinski definition) is 1. The lowest BCUT2D eigenvalue weighted by Crippen LogP contribution is -2.16. The zero-order valence-electron chi connectivity index (χ0n) is 29.9. The third kappa shape index (κ3) is 5.02. The second kappa shape index (κ2) is 12.3. The van der Waals surface area contributed by atoms with Crippen LogP contribution in [0.25, 0.3) is 60.9 Å². The Morgan fingerprint density at radius 1 is 0.396 bits per heavy atom. The summed E-state index contributed by atoms with van der Waals surface area (Å²) in [6, 6.07) is 70.8. The van der Waals surface area contributed by atoms with Gasteiger partial charge in [0.2, 0.25) is 0 Å². The fourth-order valence-electron chi connectivity index (χ4n) is 8.60. The minimum absolute atomic E-state index is 0.109. The summed E-state index contributed by atoms with van der Waals surface area (Å²) in [5.74, 6) is 0. The fraction of sp³-hybridized carbons (Fsp3) is 0.0588. The Bertz CT molecular complexity index is 2790. The predicted octanol–water partition coefficient (Wildman–Crippen LogP) is 13.9. The predicted molar refractivity (Wildman–Crippen MR) is 224 cm³/mol. The summed E-state index contributed by atoms with van der Waals surface area (Å²) in [7, 11) is 0. The van der Waals surface area contributed by atoms with Gasteiger partial charge in [0.15, 0.2) is 0 Å². The van der Waals surface area contributed by atoms with Crippen molar-refractivity contribution in [2.75, 3.05) is 4.90 Å². The van der Waals surface area contributed by atoms with E-state index in [1.54, 1.807) is 0 Å². The Labute approximate surface area is 310 Å². The van der Waals surface area contributed by atoms with Crippen LogP contribution < -0.4 is 4.90 Å². The molecule has 0 fully saturated rings. The van der Waals surface area contributed by atoms with Gasteiger partial charge in [0, 0.05) is 38.8 Å². The largest absolute Gasteiger partial charge is 0.310 e. The van der Waals surface area contributed by atoms with Crippen molar-refractivity contribution < 1.29 is 0 Å². The number of rotatable bonds is 6. The molecule has 2 heteroatoms. The number of para-hydroxylation sites is 3. The van der Waals surface area contributed by atoms with Gasteiger partial charge in [-0.15, -0.1) is 0 Å². The standard InChI is InChI=1S/C51H38N2/c1-51(2)46-22-12-9-20-42(46)43-31-30-40(34-47(43)51)52(39-28-25-36(26-29-39)35-15-5-3-6-16-35)48-23-13-10-19-41(48)37-27-32-50-45(33-37)44-21-11-14-24-49(44)53(50)38-17-7-4-8-18-38/h3-34H,1-2H3. The Morgan fingerprint density at radius 2 is 0.981 bits per heavy atom. The van der Waals surface area contributed by atoms with Gasteiger partial charge in [-0.25, -0.2) is 0 Å². The molecule has 1 heterocycles. The van der Waals surface area contributed by atoms with Crippen molar-refractivity contribution in [3.8, 4) is 39.1 Å². The zero-order chi connectivity index (χ0) is 35.5. The highest BCUT2D eigenvalue weighted by molar-refractivity contribution is 6.11. The monoisotopic (exact) mass is 678 g/mol. The van der Waals surface area contributed by atoms with E-state index in [9.17, 15) is 0 Å². The van der Waals surface area contributed by atoms with Gasteiger partial charge in [-0.2, -0.15) is 0 Å². The van der Waals surface area contributed by atoms with Crippen LogP contribution in [0.5, 0.6) is 0 Å². The van der Waals surface area contributed by atoms with Gasteiger partial charge in [-0.3, -0.25) is 0 Å². The number of aromatic nitrogens is 1. The number of hydrogen-bond donors (Lipinski definition) is 0. The summed E-state index contributed by atoms with van der Waals surface area (Å²) in [5, 5.41) is 2.49. The molecule has 0 N–H and O–H groups in total. The van der Waals surface area contributed by atoms with Crippen LogP contribution >= 0.6 is 0 Å². The van der Waals surface area contributed by atoms with E-state index in [4.69, 9.17) is 0 Å². The van der Waals surface area contributed by atoms with Crippen molar-refractivity contribution in [2.45, 2.75) is 19.3 Å². The van der Waals surface area contributed by atoms with Crippen LogP contribution in [0, 0.1) is 0 Å². The van der Waals surface area contributed by atoms with Gasteiger partial charge >= 0.3 is 0 Å². The molecule has 1 aliphatic rings. The summed E-state index contributed by atoms with van der Waals surface area (Å²) in [4.78, 5) is 2.45. The maximum atomic E-state index is 2.45. The molecular weight excluding hydrogens is 641 g/mol. The van der Waals surface area contributed by atoms with Crippen LogP contribution in [-0.2, 0) is 5.41 Å². The molecule has 53 heavy (non-hydrogen) atoms. The molecule has 252 valence electrons. The van der Waals surface area contributed by atoms with Gasteiger partial charge in [-0.1, -0.05) is 147 Å². The van der Waals surface area contributed by atoms with Crippen LogP contribution in [-0.4, -0.2) is 4.57 Å². The van der Waals surface area contributed by atoms with Crippen LogP contribution in [0.4, 0.5) is 17.1 Å². The fourth-order valence-corrected chi connectivity index (χ4v) is 8.60. The summed E-state index contributed by atoms with van der Waals surface area (Å²) < 4.78 is 2.38. The molecule has 0 unspecified atom stereocenters. The van der Waals surface area contributed by atoms with Gasteiger partial charge in [0.1, 0.15) is 0 Å². The number of fused-ring (bicyclic) bond motifs is 6. The highest BCUT2D eigenvalue weighted by Crippen LogP contribution is 2.51.